The van der Waals surface area contributed by atoms with Crippen molar-refractivity contribution in [1.29, 1.82) is 0 Å². The summed E-state index contributed by atoms with van der Waals surface area (Å²) < 4.78 is 2.42. The third kappa shape index (κ3) is 6.13. The number of hydrogen-bond donors (Lipinski definition) is 1. The number of fused-ring (bicyclic) bond motifs is 3. The highest BCUT2D eigenvalue weighted by molar-refractivity contribution is 6.15. The van der Waals surface area contributed by atoms with Crippen LogP contribution < -0.4 is 10.2 Å². The van der Waals surface area contributed by atoms with Crippen LogP contribution in [0.25, 0.3) is 66.4 Å². The predicted octanol–water partition coefficient (Wildman–Crippen LogP) is 13.1. The fraction of sp³-hybridized carbons (Fsp3) is 0.0192. The molecular formula is C52H38N4. The van der Waals surface area contributed by atoms with E-state index in [1.165, 1.54) is 49.6 Å². The molecule has 0 fully saturated rings. The Morgan fingerprint density at radius 1 is 0.482 bits per heavy atom. The van der Waals surface area contributed by atoms with Gasteiger partial charge >= 0.3 is 0 Å². The van der Waals surface area contributed by atoms with Gasteiger partial charge in [-0.3, -0.25) is 4.98 Å². The zero-order valence-electron chi connectivity index (χ0n) is 30.8. The van der Waals surface area contributed by atoms with E-state index < -0.39 is 0 Å². The second-order valence-corrected chi connectivity index (χ2v) is 14.1. The first-order chi connectivity index (χ1) is 27.8. The molecule has 0 aliphatic carbocycles. The van der Waals surface area contributed by atoms with E-state index in [0.29, 0.717) is 0 Å². The highest BCUT2D eigenvalue weighted by Crippen LogP contribution is 2.42. The maximum atomic E-state index is 4.21. The summed E-state index contributed by atoms with van der Waals surface area (Å²) in [5.74, 6) is 0. The highest BCUT2D eigenvalue weighted by Gasteiger charge is 2.19. The third-order valence-corrected chi connectivity index (χ3v) is 10.7. The fourth-order valence-corrected chi connectivity index (χ4v) is 8.00. The van der Waals surface area contributed by atoms with Crippen LogP contribution in [0.5, 0.6) is 0 Å². The number of anilines is 3. The van der Waals surface area contributed by atoms with Gasteiger partial charge in [-0.25, -0.2) is 0 Å². The summed E-state index contributed by atoms with van der Waals surface area (Å²) in [5.41, 5.74) is 16.2. The van der Waals surface area contributed by atoms with E-state index in [4.69, 9.17) is 0 Å². The number of allylic oxidation sites excluding steroid dienone is 2. The van der Waals surface area contributed by atoms with Crippen molar-refractivity contribution in [3.63, 3.8) is 0 Å². The molecular weight excluding hydrogens is 681 g/mol. The molecule has 266 valence electrons. The molecule has 0 saturated heterocycles. The molecule has 1 N–H and O–H groups in total. The van der Waals surface area contributed by atoms with Gasteiger partial charge in [0.1, 0.15) is 0 Å². The van der Waals surface area contributed by atoms with Crippen LogP contribution >= 0.6 is 0 Å². The summed E-state index contributed by atoms with van der Waals surface area (Å²) in [6.45, 7) is 0.860. The summed E-state index contributed by atoms with van der Waals surface area (Å²) in [6.07, 6.45) is 10.1. The van der Waals surface area contributed by atoms with Gasteiger partial charge in [0.25, 0.3) is 0 Å². The summed E-state index contributed by atoms with van der Waals surface area (Å²) in [5, 5.41) is 5.81. The number of nitrogens with zero attached hydrogens (tertiary/aromatic N) is 3. The second kappa shape index (κ2) is 14.4. The van der Waals surface area contributed by atoms with E-state index in [1.54, 1.807) is 0 Å². The van der Waals surface area contributed by atoms with Crippen molar-refractivity contribution in [2.45, 2.75) is 0 Å². The molecule has 0 unspecified atom stereocenters. The van der Waals surface area contributed by atoms with Crippen molar-refractivity contribution < 1.29 is 0 Å². The molecule has 7 aromatic carbocycles. The Kier molecular flexibility index (Phi) is 8.54. The lowest BCUT2D eigenvalue weighted by molar-refractivity contribution is 0.976. The van der Waals surface area contributed by atoms with Crippen LogP contribution in [0.4, 0.5) is 17.1 Å². The van der Waals surface area contributed by atoms with E-state index in [9.17, 15) is 0 Å². The van der Waals surface area contributed by atoms with E-state index in [1.807, 2.05) is 24.5 Å². The third-order valence-electron chi connectivity index (χ3n) is 10.7. The zero-order valence-corrected chi connectivity index (χ0v) is 30.8. The number of hydrogen-bond acceptors (Lipinski definition) is 3. The number of nitrogens with one attached hydrogen (secondary N) is 1. The normalized spacial score (nSPS) is 12.4. The number of rotatable bonds is 8. The van der Waals surface area contributed by atoms with Gasteiger partial charge in [-0.1, -0.05) is 115 Å². The summed E-state index contributed by atoms with van der Waals surface area (Å²) in [7, 11) is 0. The van der Waals surface area contributed by atoms with E-state index in [2.05, 4.69) is 208 Å². The second-order valence-electron chi connectivity index (χ2n) is 14.1. The summed E-state index contributed by atoms with van der Waals surface area (Å²) in [6, 6.07) is 65.7. The molecule has 1 aliphatic heterocycles. The lowest BCUT2D eigenvalue weighted by Crippen LogP contribution is -2.10. The van der Waals surface area contributed by atoms with Crippen LogP contribution in [0.3, 0.4) is 0 Å². The SMILES string of the molecule is C1=CC(c2ccc(N(c3ccc(-c4ccncc4)cc3)c3ccc(-c4cc(-c5ccccc5)c5c(c4)c4ccccc4n5-c4ccccc4)cc3)cc2)=CNC1. The minimum absolute atomic E-state index is 0.860. The van der Waals surface area contributed by atoms with Gasteiger partial charge in [-0.15, -0.1) is 0 Å². The Labute approximate surface area is 327 Å². The van der Waals surface area contributed by atoms with Crippen LogP contribution in [-0.2, 0) is 0 Å². The molecule has 10 rings (SSSR count). The van der Waals surface area contributed by atoms with Crippen molar-refractivity contribution in [3.05, 3.63) is 218 Å². The lowest BCUT2D eigenvalue weighted by atomic mass is 9.95. The van der Waals surface area contributed by atoms with Crippen molar-refractivity contribution in [3.8, 4) is 39.1 Å². The molecule has 4 nitrogen and oxygen atoms in total. The maximum absolute atomic E-state index is 4.21. The molecule has 9 aromatic rings. The lowest BCUT2D eigenvalue weighted by Gasteiger charge is -2.26. The average molecular weight is 719 g/mol. The van der Waals surface area contributed by atoms with Crippen molar-refractivity contribution in [1.82, 2.24) is 14.9 Å². The number of pyridine rings is 1. The first-order valence-electron chi connectivity index (χ1n) is 19.1. The average Bonchev–Trinajstić information content (AvgIpc) is 3.62. The Hall–Kier alpha value is -7.43. The molecule has 0 radical (unpaired) electrons. The predicted molar refractivity (Wildman–Crippen MR) is 235 cm³/mol. The number of dihydropyridines is 1. The first-order valence-corrected chi connectivity index (χ1v) is 19.1. The monoisotopic (exact) mass is 718 g/mol. The quantitative estimate of drug-likeness (QED) is 0.170. The highest BCUT2D eigenvalue weighted by atomic mass is 15.1. The van der Waals surface area contributed by atoms with Crippen LogP contribution in [0.2, 0.25) is 0 Å². The molecule has 0 spiro atoms. The van der Waals surface area contributed by atoms with Gasteiger partial charge < -0.3 is 14.8 Å². The molecule has 0 bridgehead atoms. The Balaban J connectivity index is 1.09. The molecule has 0 amide bonds. The topological polar surface area (TPSA) is 33.1 Å². The molecule has 4 heteroatoms. The smallest absolute Gasteiger partial charge is 0.0619 e. The summed E-state index contributed by atoms with van der Waals surface area (Å²) >= 11 is 0. The van der Waals surface area contributed by atoms with Gasteiger partial charge in [0.05, 0.1) is 11.0 Å². The minimum Gasteiger partial charge on any atom is -0.387 e. The molecule has 0 atom stereocenters. The number of benzene rings is 7. The molecule has 1 aliphatic rings. The Bertz CT molecular complexity index is 2850. The zero-order chi connectivity index (χ0) is 37.3. The van der Waals surface area contributed by atoms with Gasteiger partial charge in [0.15, 0.2) is 0 Å². The van der Waals surface area contributed by atoms with E-state index in [0.717, 1.165) is 46.0 Å². The number of aromatic nitrogens is 2. The van der Waals surface area contributed by atoms with Gasteiger partial charge in [0, 0.05) is 64.2 Å². The Morgan fingerprint density at radius 3 is 1.70 bits per heavy atom. The largest absolute Gasteiger partial charge is 0.387 e. The van der Waals surface area contributed by atoms with Crippen molar-refractivity contribution >= 4 is 44.4 Å². The van der Waals surface area contributed by atoms with Gasteiger partial charge in [-0.2, -0.15) is 0 Å². The van der Waals surface area contributed by atoms with E-state index in [-0.39, 0.29) is 0 Å². The van der Waals surface area contributed by atoms with Gasteiger partial charge in [-0.05, 0) is 118 Å². The van der Waals surface area contributed by atoms with Crippen LogP contribution in [0, 0.1) is 0 Å². The first kappa shape index (κ1) is 33.2. The van der Waals surface area contributed by atoms with Crippen LogP contribution in [0.1, 0.15) is 5.56 Å². The molecule has 0 saturated carbocycles. The number of para-hydroxylation sites is 2. The fourth-order valence-electron chi connectivity index (χ4n) is 8.00. The Morgan fingerprint density at radius 2 is 1.05 bits per heavy atom. The summed E-state index contributed by atoms with van der Waals surface area (Å²) in [4.78, 5) is 6.54. The van der Waals surface area contributed by atoms with Gasteiger partial charge in [0.2, 0.25) is 0 Å². The minimum atomic E-state index is 0.860. The van der Waals surface area contributed by atoms with Crippen LogP contribution in [-0.4, -0.2) is 16.1 Å². The molecule has 56 heavy (non-hydrogen) atoms. The van der Waals surface area contributed by atoms with Crippen molar-refractivity contribution in [2.24, 2.45) is 0 Å². The van der Waals surface area contributed by atoms with Crippen LogP contribution in [0.15, 0.2) is 213 Å². The standard InChI is InChI=1S/C52H38N4/c1-3-10-41(11-4-1)49-34-43(35-50-48-15-7-8-16-51(48)56(52(49)50)44-13-5-2-6-14-44)39-21-27-47(28-22-39)55(45-23-17-37(18-24-45)40-29-32-53-33-30-40)46-25-19-38(20-26-46)42-12-9-31-54-36-42/h1-30,32-36,54H,31H2. The maximum Gasteiger partial charge on any atom is 0.0619 e. The van der Waals surface area contributed by atoms with Crippen molar-refractivity contribution in [2.75, 3.05) is 11.4 Å². The molecule has 2 aromatic heterocycles. The van der Waals surface area contributed by atoms with E-state index >= 15 is 0 Å². The molecule has 3 heterocycles.